The van der Waals surface area contributed by atoms with Gasteiger partial charge in [-0.15, -0.1) is 5.10 Å². The van der Waals surface area contributed by atoms with E-state index in [1.54, 1.807) is 11.8 Å². The van der Waals surface area contributed by atoms with Gasteiger partial charge in [-0.2, -0.15) is 5.26 Å². The van der Waals surface area contributed by atoms with Gasteiger partial charge in [0, 0.05) is 13.5 Å². The molecule has 88 valence electrons. The maximum absolute atomic E-state index is 9.09. The first-order valence-corrected chi connectivity index (χ1v) is 5.14. The van der Waals surface area contributed by atoms with E-state index in [4.69, 9.17) is 15.1 Å². The van der Waals surface area contributed by atoms with Crippen LogP contribution in [0.4, 0.5) is 0 Å². The Labute approximate surface area is 94.4 Å². The van der Waals surface area contributed by atoms with Crippen molar-refractivity contribution in [3.8, 4) is 6.07 Å². The highest BCUT2D eigenvalue weighted by Crippen LogP contribution is 2.13. The number of ether oxygens (including phenoxy) is 1. The molecule has 16 heavy (non-hydrogen) atoms. The fraction of sp³-hybridized carbons (Fsp3) is 0.700. The molecule has 0 aliphatic rings. The summed E-state index contributed by atoms with van der Waals surface area (Å²) in [6, 6.07) is 1.92. The summed E-state index contributed by atoms with van der Waals surface area (Å²) in [5.74, 6) is 0. The number of aromatic nitrogens is 3. The lowest BCUT2D eigenvalue weighted by molar-refractivity contribution is 0.194. The number of aliphatic hydroxyl groups excluding tert-OH is 1. The molecule has 0 saturated heterocycles. The van der Waals surface area contributed by atoms with Gasteiger partial charge in [0.1, 0.15) is 5.69 Å². The quantitative estimate of drug-likeness (QED) is 0.740. The lowest BCUT2D eigenvalue weighted by Crippen LogP contribution is -2.15. The standard InChI is InChI=1S/C10H16N4O2/c1-8(7-15)14-10(4-6-16-2)9(3-5-11)12-13-14/h8,15H,3-4,6-7H2,1-2H3. The van der Waals surface area contributed by atoms with Gasteiger partial charge in [-0.3, -0.25) is 0 Å². The van der Waals surface area contributed by atoms with Crippen molar-refractivity contribution in [1.82, 2.24) is 15.0 Å². The van der Waals surface area contributed by atoms with Crippen molar-refractivity contribution in [2.24, 2.45) is 0 Å². The predicted octanol–water partition coefficient (Wildman–Crippen LogP) is 0.0864. The first-order chi connectivity index (χ1) is 7.74. The molecular formula is C10H16N4O2. The van der Waals surface area contributed by atoms with E-state index >= 15 is 0 Å². The van der Waals surface area contributed by atoms with E-state index in [1.807, 2.05) is 6.92 Å². The summed E-state index contributed by atoms with van der Waals surface area (Å²) < 4.78 is 6.66. The Morgan fingerprint density at radius 2 is 2.38 bits per heavy atom. The minimum Gasteiger partial charge on any atom is -0.394 e. The van der Waals surface area contributed by atoms with Crippen molar-refractivity contribution in [3.05, 3.63) is 11.4 Å². The van der Waals surface area contributed by atoms with Crippen molar-refractivity contribution in [3.63, 3.8) is 0 Å². The highest BCUT2D eigenvalue weighted by molar-refractivity contribution is 5.15. The second-order valence-electron chi connectivity index (χ2n) is 3.54. The molecular weight excluding hydrogens is 208 g/mol. The monoisotopic (exact) mass is 224 g/mol. The third-order valence-corrected chi connectivity index (χ3v) is 2.34. The Morgan fingerprint density at radius 1 is 1.62 bits per heavy atom. The van der Waals surface area contributed by atoms with E-state index in [-0.39, 0.29) is 19.1 Å². The number of hydrogen-bond donors (Lipinski definition) is 1. The number of aliphatic hydroxyl groups is 1. The summed E-state index contributed by atoms with van der Waals surface area (Å²) in [6.07, 6.45) is 0.877. The molecule has 6 nitrogen and oxygen atoms in total. The molecule has 1 rings (SSSR count). The molecule has 1 aromatic rings. The molecule has 0 aromatic carbocycles. The van der Waals surface area contributed by atoms with Crippen LogP contribution in [0.1, 0.15) is 24.4 Å². The third kappa shape index (κ3) is 2.78. The van der Waals surface area contributed by atoms with E-state index in [2.05, 4.69) is 16.4 Å². The predicted molar refractivity (Wildman–Crippen MR) is 56.7 cm³/mol. The fourth-order valence-corrected chi connectivity index (χ4v) is 1.45. The van der Waals surface area contributed by atoms with Crippen molar-refractivity contribution in [2.75, 3.05) is 20.3 Å². The number of methoxy groups -OCH3 is 1. The summed E-state index contributed by atoms with van der Waals surface area (Å²) in [5, 5.41) is 25.7. The van der Waals surface area contributed by atoms with Gasteiger partial charge in [-0.05, 0) is 6.92 Å². The minimum absolute atomic E-state index is 0.00463. The zero-order valence-electron chi connectivity index (χ0n) is 9.55. The Kier molecular flexibility index (Phi) is 4.89. The Morgan fingerprint density at radius 3 is 2.94 bits per heavy atom. The Bertz CT molecular complexity index is 369. The molecule has 0 spiro atoms. The first-order valence-electron chi connectivity index (χ1n) is 5.14. The second-order valence-corrected chi connectivity index (χ2v) is 3.54. The first kappa shape index (κ1) is 12.6. The van der Waals surface area contributed by atoms with Crippen LogP contribution < -0.4 is 0 Å². The molecule has 1 heterocycles. The smallest absolute Gasteiger partial charge is 0.100 e. The molecule has 0 fully saturated rings. The van der Waals surface area contributed by atoms with Gasteiger partial charge >= 0.3 is 0 Å². The normalized spacial score (nSPS) is 12.4. The number of rotatable bonds is 6. The minimum atomic E-state index is -0.133. The van der Waals surface area contributed by atoms with E-state index < -0.39 is 0 Å². The molecule has 0 radical (unpaired) electrons. The van der Waals surface area contributed by atoms with Gasteiger partial charge in [0.15, 0.2) is 0 Å². The molecule has 1 aromatic heterocycles. The van der Waals surface area contributed by atoms with Crippen LogP contribution in [0.3, 0.4) is 0 Å². The Balaban J connectivity index is 2.94. The van der Waals surface area contributed by atoms with Crippen LogP contribution in [-0.2, 0) is 17.6 Å². The van der Waals surface area contributed by atoms with Crippen LogP contribution in [-0.4, -0.2) is 40.4 Å². The van der Waals surface area contributed by atoms with E-state index in [9.17, 15) is 0 Å². The summed E-state index contributed by atoms with van der Waals surface area (Å²) in [7, 11) is 1.62. The van der Waals surface area contributed by atoms with Gasteiger partial charge in [-0.1, -0.05) is 5.21 Å². The Hall–Kier alpha value is -1.45. The second kappa shape index (κ2) is 6.20. The average Bonchev–Trinajstić information content (AvgIpc) is 2.69. The van der Waals surface area contributed by atoms with E-state index in [1.165, 1.54) is 0 Å². The van der Waals surface area contributed by atoms with Gasteiger partial charge in [0.05, 0.1) is 37.4 Å². The number of hydrogen-bond acceptors (Lipinski definition) is 5. The topological polar surface area (TPSA) is 84.0 Å². The van der Waals surface area contributed by atoms with Gasteiger partial charge in [0.2, 0.25) is 0 Å². The van der Waals surface area contributed by atoms with Crippen molar-refractivity contribution < 1.29 is 9.84 Å². The van der Waals surface area contributed by atoms with Crippen LogP contribution in [0.5, 0.6) is 0 Å². The van der Waals surface area contributed by atoms with Gasteiger partial charge in [0.25, 0.3) is 0 Å². The van der Waals surface area contributed by atoms with Gasteiger partial charge in [-0.25, -0.2) is 4.68 Å². The SMILES string of the molecule is COCCc1c(CC#N)nnn1C(C)CO. The molecule has 1 N–H and O–H groups in total. The lowest BCUT2D eigenvalue weighted by Gasteiger charge is -2.12. The highest BCUT2D eigenvalue weighted by Gasteiger charge is 2.16. The van der Waals surface area contributed by atoms with Gasteiger partial charge < -0.3 is 9.84 Å². The zero-order valence-corrected chi connectivity index (χ0v) is 9.55. The van der Waals surface area contributed by atoms with Crippen LogP contribution in [0, 0.1) is 11.3 Å². The molecule has 0 aliphatic carbocycles. The van der Waals surface area contributed by atoms with E-state index in [0.29, 0.717) is 18.7 Å². The average molecular weight is 224 g/mol. The van der Waals surface area contributed by atoms with Crippen LogP contribution in [0.2, 0.25) is 0 Å². The van der Waals surface area contributed by atoms with Crippen molar-refractivity contribution in [1.29, 1.82) is 5.26 Å². The maximum Gasteiger partial charge on any atom is 0.100 e. The lowest BCUT2D eigenvalue weighted by atomic mass is 10.2. The molecule has 0 saturated carbocycles. The molecule has 6 heteroatoms. The molecule has 0 amide bonds. The number of nitriles is 1. The summed E-state index contributed by atoms with van der Waals surface area (Å²) in [5.41, 5.74) is 1.53. The number of nitrogens with zero attached hydrogens (tertiary/aromatic N) is 4. The molecule has 1 unspecified atom stereocenters. The third-order valence-electron chi connectivity index (χ3n) is 2.34. The van der Waals surface area contributed by atoms with Crippen molar-refractivity contribution >= 4 is 0 Å². The van der Waals surface area contributed by atoms with Crippen LogP contribution >= 0.6 is 0 Å². The summed E-state index contributed by atoms with van der Waals surface area (Å²) in [6.45, 7) is 2.39. The highest BCUT2D eigenvalue weighted by atomic mass is 16.5. The fourth-order valence-electron chi connectivity index (χ4n) is 1.45. The van der Waals surface area contributed by atoms with Crippen LogP contribution in [0.15, 0.2) is 0 Å². The maximum atomic E-state index is 9.09. The largest absolute Gasteiger partial charge is 0.394 e. The molecule has 1 atom stereocenters. The summed E-state index contributed by atoms with van der Waals surface area (Å²) in [4.78, 5) is 0. The molecule has 0 bridgehead atoms. The van der Waals surface area contributed by atoms with Crippen LogP contribution in [0.25, 0.3) is 0 Å². The van der Waals surface area contributed by atoms with Crippen molar-refractivity contribution in [2.45, 2.75) is 25.8 Å². The van der Waals surface area contributed by atoms with E-state index in [0.717, 1.165) is 5.69 Å². The summed E-state index contributed by atoms with van der Waals surface area (Å²) >= 11 is 0. The molecule has 0 aliphatic heterocycles. The zero-order chi connectivity index (χ0) is 12.0.